The van der Waals surface area contributed by atoms with Gasteiger partial charge in [-0.1, -0.05) is 25.1 Å². The highest BCUT2D eigenvalue weighted by atomic mass is 16.5. The zero-order valence-corrected chi connectivity index (χ0v) is 16.3. The summed E-state index contributed by atoms with van der Waals surface area (Å²) in [6.07, 6.45) is 0.894. The smallest absolute Gasteiger partial charge is 0.279 e. The molecule has 1 atom stereocenters. The van der Waals surface area contributed by atoms with E-state index in [-0.39, 0.29) is 5.91 Å². The van der Waals surface area contributed by atoms with Gasteiger partial charge in [0.05, 0.1) is 21.3 Å². The van der Waals surface area contributed by atoms with Crippen molar-refractivity contribution in [1.29, 1.82) is 0 Å². The lowest BCUT2D eigenvalue weighted by Gasteiger charge is -2.17. The molecule has 0 saturated heterocycles. The van der Waals surface area contributed by atoms with Crippen molar-refractivity contribution in [3.63, 3.8) is 0 Å². The van der Waals surface area contributed by atoms with E-state index in [0.29, 0.717) is 18.0 Å². The third kappa shape index (κ3) is 4.99. The first-order valence-electron chi connectivity index (χ1n) is 8.89. The molecule has 0 aromatic heterocycles. The Morgan fingerprint density at radius 3 is 2.50 bits per heavy atom. The van der Waals surface area contributed by atoms with E-state index >= 15 is 0 Å². The molecule has 2 rings (SSSR count). The number of aryl methyl sites for hydroxylation is 2. The van der Waals surface area contributed by atoms with Gasteiger partial charge in [-0.15, -0.1) is 0 Å². The fourth-order valence-electron chi connectivity index (χ4n) is 3.06. The lowest BCUT2D eigenvalue weighted by atomic mass is 10.1. The number of nitrogens with one attached hydrogen (secondary N) is 2. The van der Waals surface area contributed by atoms with Crippen LogP contribution in [0.2, 0.25) is 0 Å². The van der Waals surface area contributed by atoms with Crippen LogP contribution in [0.15, 0.2) is 36.4 Å². The third-order valence-electron chi connectivity index (χ3n) is 4.42. The Balaban J connectivity index is 2.00. The van der Waals surface area contributed by atoms with Crippen LogP contribution in [0.3, 0.4) is 0 Å². The number of anilines is 1. The van der Waals surface area contributed by atoms with Gasteiger partial charge in [-0.05, 0) is 42.7 Å². The predicted octanol–water partition coefficient (Wildman–Crippen LogP) is 2.23. The number of para-hydroxylation sites is 1. The molecule has 0 radical (unpaired) electrons. The van der Waals surface area contributed by atoms with Gasteiger partial charge in [0.1, 0.15) is 6.54 Å². The number of carbonyl (C=O) groups is 1. The lowest BCUT2D eigenvalue weighted by molar-refractivity contribution is -0.885. The summed E-state index contributed by atoms with van der Waals surface area (Å²) in [6.45, 7) is 5.24. The number of hydrogen-bond acceptors (Lipinski definition) is 3. The molecule has 5 nitrogen and oxygen atoms in total. The highest BCUT2D eigenvalue weighted by Crippen LogP contribution is 2.27. The van der Waals surface area contributed by atoms with Gasteiger partial charge in [-0.2, -0.15) is 0 Å². The first-order chi connectivity index (χ1) is 12.5. The van der Waals surface area contributed by atoms with Crippen molar-refractivity contribution < 1.29 is 19.2 Å². The molecule has 2 aromatic carbocycles. The average molecular weight is 357 g/mol. The summed E-state index contributed by atoms with van der Waals surface area (Å²) in [7, 11) is 5.25. The second kappa shape index (κ2) is 9.25. The van der Waals surface area contributed by atoms with Crippen molar-refractivity contribution in [2.45, 2.75) is 26.8 Å². The van der Waals surface area contributed by atoms with Crippen LogP contribution in [-0.2, 0) is 17.8 Å². The minimum absolute atomic E-state index is 0.0203. The highest BCUT2D eigenvalue weighted by molar-refractivity contribution is 5.93. The molecule has 26 heavy (non-hydrogen) atoms. The van der Waals surface area contributed by atoms with Gasteiger partial charge in [-0.25, -0.2) is 0 Å². The van der Waals surface area contributed by atoms with Crippen molar-refractivity contribution in [3.05, 3.63) is 53.1 Å². The number of carbonyl (C=O) groups excluding carboxylic acids is 1. The lowest BCUT2D eigenvalue weighted by Crippen LogP contribution is -3.08. The molecule has 140 valence electrons. The summed E-state index contributed by atoms with van der Waals surface area (Å²) >= 11 is 0. The maximum Gasteiger partial charge on any atom is 0.279 e. The number of quaternary nitrogens is 1. The standard InChI is InChI=1S/C21H28N2O3/c1-6-17-9-7-8-15(2)21(17)22-20(24)14-23(3)13-16-10-11-18(25-4)19(12-16)26-5/h7-12H,6,13-14H2,1-5H3,(H,22,24)/p+1. The van der Waals surface area contributed by atoms with Gasteiger partial charge in [0.15, 0.2) is 18.0 Å². The zero-order valence-electron chi connectivity index (χ0n) is 16.3. The summed E-state index contributed by atoms with van der Waals surface area (Å²) in [5, 5.41) is 3.08. The van der Waals surface area contributed by atoms with Crippen molar-refractivity contribution in [2.75, 3.05) is 33.1 Å². The monoisotopic (exact) mass is 357 g/mol. The van der Waals surface area contributed by atoms with Gasteiger partial charge in [0, 0.05) is 11.3 Å². The van der Waals surface area contributed by atoms with Crippen LogP contribution in [0.4, 0.5) is 5.69 Å². The van der Waals surface area contributed by atoms with E-state index in [1.165, 1.54) is 0 Å². The van der Waals surface area contributed by atoms with Gasteiger partial charge < -0.3 is 19.7 Å². The van der Waals surface area contributed by atoms with Crippen LogP contribution in [-0.4, -0.2) is 33.7 Å². The van der Waals surface area contributed by atoms with E-state index in [2.05, 4.69) is 18.3 Å². The van der Waals surface area contributed by atoms with E-state index in [1.807, 2.05) is 44.3 Å². The van der Waals surface area contributed by atoms with Crippen molar-refractivity contribution in [2.24, 2.45) is 0 Å². The number of ether oxygens (including phenoxy) is 2. The second-order valence-electron chi connectivity index (χ2n) is 6.51. The Hall–Kier alpha value is -2.53. The summed E-state index contributed by atoms with van der Waals surface area (Å²) < 4.78 is 10.6. The molecule has 0 spiro atoms. The third-order valence-corrected chi connectivity index (χ3v) is 4.42. The topological polar surface area (TPSA) is 52.0 Å². The first-order valence-corrected chi connectivity index (χ1v) is 8.89. The number of benzene rings is 2. The maximum atomic E-state index is 12.5. The molecule has 0 aliphatic heterocycles. The summed E-state index contributed by atoms with van der Waals surface area (Å²) in [6, 6.07) is 12.0. The summed E-state index contributed by atoms with van der Waals surface area (Å²) in [5.74, 6) is 1.43. The van der Waals surface area contributed by atoms with Crippen LogP contribution in [0, 0.1) is 6.92 Å². The molecule has 5 heteroatoms. The number of likely N-dealkylation sites (N-methyl/N-ethyl adjacent to an activating group) is 1. The number of hydrogen-bond donors (Lipinski definition) is 2. The average Bonchev–Trinajstić information content (AvgIpc) is 2.63. The Bertz CT molecular complexity index is 759. The quantitative estimate of drug-likeness (QED) is 0.762. The Morgan fingerprint density at radius 2 is 1.85 bits per heavy atom. The fourth-order valence-corrected chi connectivity index (χ4v) is 3.06. The minimum atomic E-state index is 0.0203. The first kappa shape index (κ1) is 19.8. The minimum Gasteiger partial charge on any atom is -0.493 e. The molecule has 1 unspecified atom stereocenters. The van der Waals surface area contributed by atoms with E-state index in [1.54, 1.807) is 14.2 Å². The molecule has 0 aliphatic carbocycles. The molecule has 2 aromatic rings. The van der Waals surface area contributed by atoms with Crippen molar-refractivity contribution in [1.82, 2.24) is 0 Å². The normalized spacial score (nSPS) is 11.7. The van der Waals surface area contributed by atoms with E-state index < -0.39 is 0 Å². The van der Waals surface area contributed by atoms with Crippen LogP contribution in [0.1, 0.15) is 23.6 Å². The maximum absolute atomic E-state index is 12.5. The van der Waals surface area contributed by atoms with Gasteiger partial charge in [0.2, 0.25) is 0 Å². The molecule has 1 amide bonds. The summed E-state index contributed by atoms with van der Waals surface area (Å²) in [5.41, 5.74) is 4.29. The molecule has 0 aliphatic rings. The fraction of sp³-hybridized carbons (Fsp3) is 0.381. The van der Waals surface area contributed by atoms with Gasteiger partial charge in [0.25, 0.3) is 5.91 Å². The number of rotatable bonds is 8. The summed E-state index contributed by atoms with van der Waals surface area (Å²) in [4.78, 5) is 13.6. The molecule has 0 fully saturated rings. The van der Waals surface area contributed by atoms with Crippen molar-refractivity contribution in [3.8, 4) is 11.5 Å². The highest BCUT2D eigenvalue weighted by Gasteiger charge is 2.14. The molecule has 0 heterocycles. The number of methoxy groups -OCH3 is 2. The van der Waals surface area contributed by atoms with E-state index in [0.717, 1.165) is 40.2 Å². The second-order valence-corrected chi connectivity index (χ2v) is 6.51. The number of amides is 1. The van der Waals surface area contributed by atoms with Gasteiger partial charge >= 0.3 is 0 Å². The zero-order chi connectivity index (χ0) is 19.1. The molecule has 0 bridgehead atoms. The molecule has 0 saturated carbocycles. The van der Waals surface area contributed by atoms with Gasteiger partial charge in [-0.3, -0.25) is 4.79 Å². The van der Waals surface area contributed by atoms with Crippen LogP contribution in [0.5, 0.6) is 11.5 Å². The van der Waals surface area contributed by atoms with Crippen LogP contribution >= 0.6 is 0 Å². The SMILES string of the molecule is CCc1cccc(C)c1NC(=O)C[NH+](C)Cc1ccc(OC)c(OC)c1. The van der Waals surface area contributed by atoms with E-state index in [9.17, 15) is 4.79 Å². The largest absolute Gasteiger partial charge is 0.493 e. The molecule has 2 N–H and O–H groups in total. The molecular formula is C21H29N2O3+. The van der Waals surface area contributed by atoms with Crippen LogP contribution < -0.4 is 19.7 Å². The Labute approximate surface area is 155 Å². The molecular weight excluding hydrogens is 328 g/mol. The van der Waals surface area contributed by atoms with E-state index in [4.69, 9.17) is 9.47 Å². The predicted molar refractivity (Wildman–Crippen MR) is 104 cm³/mol. The Morgan fingerprint density at radius 1 is 1.12 bits per heavy atom. The van der Waals surface area contributed by atoms with Crippen LogP contribution in [0.25, 0.3) is 0 Å². The Kier molecular flexibility index (Phi) is 7.04. The van der Waals surface area contributed by atoms with Crippen molar-refractivity contribution >= 4 is 11.6 Å².